The lowest BCUT2D eigenvalue weighted by atomic mass is 9.63. The number of hydrogen-bond acceptors (Lipinski definition) is 2. The zero-order valence-corrected chi connectivity index (χ0v) is 19.7. The summed E-state index contributed by atoms with van der Waals surface area (Å²) in [6.07, 6.45) is 14.8. The number of halogens is 2. The van der Waals surface area contributed by atoms with E-state index in [2.05, 4.69) is 19.1 Å². The maximum Gasteiger partial charge on any atom is 0.343 e. The van der Waals surface area contributed by atoms with Gasteiger partial charge in [0.15, 0.2) is 0 Å². The van der Waals surface area contributed by atoms with Crippen LogP contribution in [0.5, 0.6) is 5.75 Å². The molecule has 2 aromatic carbocycles. The molecule has 4 heteroatoms. The highest BCUT2D eigenvalue weighted by Gasteiger charge is 2.35. The summed E-state index contributed by atoms with van der Waals surface area (Å²) in [5.74, 6) is 0.934. The minimum atomic E-state index is -0.726. The molecule has 2 aliphatic carbocycles. The molecule has 2 aromatic rings. The molecule has 176 valence electrons. The van der Waals surface area contributed by atoms with Crippen molar-refractivity contribution in [2.75, 3.05) is 0 Å². The van der Waals surface area contributed by atoms with Crippen molar-refractivity contribution in [3.8, 4) is 5.75 Å². The Labute approximate surface area is 196 Å². The van der Waals surface area contributed by atoms with Crippen LogP contribution in [0.2, 0.25) is 0 Å². The summed E-state index contributed by atoms with van der Waals surface area (Å²) in [5, 5.41) is 0. The molecule has 0 saturated heterocycles. The molecule has 2 aliphatic rings. The number of carbonyl (C=O) groups is 1. The lowest BCUT2D eigenvalue weighted by Crippen LogP contribution is -2.30. The van der Waals surface area contributed by atoms with Gasteiger partial charge in [0, 0.05) is 17.7 Å². The third kappa shape index (κ3) is 5.72. The first-order valence-corrected chi connectivity index (χ1v) is 12.3. The summed E-state index contributed by atoms with van der Waals surface area (Å²) >= 11 is 0. The van der Waals surface area contributed by atoms with Crippen molar-refractivity contribution in [2.45, 2.75) is 71.1 Å². The van der Waals surface area contributed by atoms with Crippen LogP contribution in [-0.2, 0) is 0 Å². The summed E-state index contributed by atoms with van der Waals surface area (Å²) in [6, 6.07) is 9.64. The monoisotopic (exact) mass is 452 g/mol. The zero-order chi connectivity index (χ0) is 23.4. The second kappa shape index (κ2) is 10.6. The Bertz CT molecular complexity index is 972. The number of benzene rings is 2. The van der Waals surface area contributed by atoms with Gasteiger partial charge in [0.1, 0.15) is 17.4 Å². The second-order valence-corrected chi connectivity index (χ2v) is 9.88. The summed E-state index contributed by atoms with van der Waals surface area (Å²) in [7, 11) is 0. The van der Waals surface area contributed by atoms with Crippen LogP contribution in [0.3, 0.4) is 0 Å². The molecule has 0 N–H and O–H groups in total. The average molecular weight is 453 g/mol. The van der Waals surface area contributed by atoms with Crippen LogP contribution in [-0.4, -0.2) is 5.97 Å². The quantitative estimate of drug-likeness (QED) is 0.251. The maximum absolute atomic E-state index is 13.7. The number of ether oxygens (including phenoxy) is 1. The van der Waals surface area contributed by atoms with E-state index >= 15 is 0 Å². The van der Waals surface area contributed by atoms with Crippen molar-refractivity contribution in [3.63, 3.8) is 0 Å². The number of allylic oxidation sites excluding steroid dienone is 2. The number of rotatable bonds is 6. The molecule has 0 heterocycles. The molecule has 0 radical (unpaired) electrons. The van der Waals surface area contributed by atoms with Crippen molar-refractivity contribution in [3.05, 3.63) is 76.9 Å². The molecule has 2 saturated carbocycles. The van der Waals surface area contributed by atoms with E-state index < -0.39 is 17.6 Å². The van der Waals surface area contributed by atoms with Crippen LogP contribution in [0.25, 0.3) is 0 Å². The Hall–Kier alpha value is -2.49. The van der Waals surface area contributed by atoms with Crippen LogP contribution < -0.4 is 4.74 Å². The summed E-state index contributed by atoms with van der Waals surface area (Å²) < 4.78 is 32.6. The van der Waals surface area contributed by atoms with Crippen molar-refractivity contribution in [1.82, 2.24) is 0 Å². The fraction of sp³-hybridized carbons (Fsp3) is 0.483. The average Bonchev–Trinajstić information content (AvgIpc) is 2.82. The van der Waals surface area contributed by atoms with Gasteiger partial charge in [0.25, 0.3) is 0 Å². The van der Waals surface area contributed by atoms with E-state index in [1.54, 1.807) is 12.1 Å². The molecule has 0 aliphatic heterocycles. The molecule has 0 aromatic heterocycles. The molecule has 0 amide bonds. The van der Waals surface area contributed by atoms with Gasteiger partial charge in [-0.2, -0.15) is 0 Å². The van der Waals surface area contributed by atoms with Gasteiger partial charge in [-0.1, -0.05) is 30.7 Å². The van der Waals surface area contributed by atoms with Gasteiger partial charge in [-0.3, -0.25) is 0 Å². The standard InChI is InChI=1S/C29H34F2O2/c1-3-4-5-6-20-7-8-25-16-24(14-13-23(25)15-20)21-9-11-22(12-10-21)29(32)33-26-17-27(30)19(2)28(31)18-26/h3-4,9-12,17-18,20,23-25H,5-8,13-16H2,1-2H3/b4-3+. The topological polar surface area (TPSA) is 26.3 Å². The lowest BCUT2D eigenvalue weighted by molar-refractivity contribution is 0.0734. The molecule has 4 atom stereocenters. The van der Waals surface area contributed by atoms with Crippen molar-refractivity contribution < 1.29 is 18.3 Å². The van der Waals surface area contributed by atoms with E-state index in [9.17, 15) is 13.6 Å². The first-order valence-electron chi connectivity index (χ1n) is 12.3. The van der Waals surface area contributed by atoms with E-state index in [1.807, 2.05) is 12.1 Å². The van der Waals surface area contributed by atoms with Gasteiger partial charge < -0.3 is 4.74 Å². The summed E-state index contributed by atoms with van der Waals surface area (Å²) in [4.78, 5) is 12.5. The predicted molar refractivity (Wildman–Crippen MR) is 127 cm³/mol. The third-order valence-electron chi connectivity index (χ3n) is 7.78. The van der Waals surface area contributed by atoms with Crippen LogP contribution in [0.15, 0.2) is 48.6 Å². The smallest absolute Gasteiger partial charge is 0.343 e. The highest BCUT2D eigenvalue weighted by molar-refractivity contribution is 5.91. The molecular formula is C29H34F2O2. The molecule has 2 nitrogen and oxygen atoms in total. The van der Waals surface area contributed by atoms with Gasteiger partial charge in [0.2, 0.25) is 0 Å². The summed E-state index contributed by atoms with van der Waals surface area (Å²) in [6.45, 7) is 3.44. The van der Waals surface area contributed by atoms with Gasteiger partial charge in [-0.25, -0.2) is 13.6 Å². The van der Waals surface area contributed by atoms with Gasteiger partial charge in [-0.05, 0) is 100 Å². The molecule has 0 bridgehead atoms. The van der Waals surface area contributed by atoms with E-state index in [0.717, 1.165) is 29.9 Å². The SMILES string of the molecule is C/C=C/CCC1CCC2CC(c3ccc(C(=O)Oc4cc(F)c(C)c(F)c4)cc3)CCC2C1. The van der Waals surface area contributed by atoms with E-state index in [4.69, 9.17) is 4.74 Å². The Balaban J connectivity index is 1.33. The van der Waals surface area contributed by atoms with E-state index in [1.165, 1.54) is 63.9 Å². The molecule has 2 fully saturated rings. The minimum Gasteiger partial charge on any atom is -0.423 e. The third-order valence-corrected chi connectivity index (χ3v) is 7.78. The zero-order valence-electron chi connectivity index (χ0n) is 19.7. The minimum absolute atomic E-state index is 0.0870. The van der Waals surface area contributed by atoms with Gasteiger partial charge >= 0.3 is 5.97 Å². The maximum atomic E-state index is 13.7. The first kappa shape index (κ1) is 23.7. The fourth-order valence-electron chi connectivity index (χ4n) is 5.79. The fourth-order valence-corrected chi connectivity index (χ4v) is 5.79. The molecule has 0 spiro atoms. The second-order valence-electron chi connectivity index (χ2n) is 9.88. The number of carbonyl (C=O) groups excluding carboxylic acids is 1. The Morgan fingerprint density at radius 2 is 1.67 bits per heavy atom. The molecule has 33 heavy (non-hydrogen) atoms. The molecule has 4 rings (SSSR count). The van der Waals surface area contributed by atoms with Crippen LogP contribution in [0.1, 0.15) is 85.7 Å². The molecular weight excluding hydrogens is 418 g/mol. The van der Waals surface area contributed by atoms with Crippen molar-refractivity contribution in [1.29, 1.82) is 0 Å². The largest absolute Gasteiger partial charge is 0.423 e. The normalized spacial score (nSPS) is 25.1. The van der Waals surface area contributed by atoms with Crippen LogP contribution in [0, 0.1) is 36.3 Å². The van der Waals surface area contributed by atoms with E-state index in [-0.39, 0.29) is 11.3 Å². The predicted octanol–water partition coefficient (Wildman–Crippen LogP) is 8.15. The first-order chi connectivity index (χ1) is 15.9. The highest BCUT2D eigenvalue weighted by Crippen LogP contribution is 2.48. The number of fused-ring (bicyclic) bond motifs is 1. The number of esters is 1. The van der Waals surface area contributed by atoms with Crippen LogP contribution in [0.4, 0.5) is 8.78 Å². The van der Waals surface area contributed by atoms with Gasteiger partial charge in [0.05, 0.1) is 5.56 Å². The van der Waals surface area contributed by atoms with Crippen molar-refractivity contribution >= 4 is 5.97 Å². The Morgan fingerprint density at radius 1 is 1.00 bits per heavy atom. The van der Waals surface area contributed by atoms with E-state index in [0.29, 0.717) is 11.5 Å². The van der Waals surface area contributed by atoms with Crippen LogP contribution >= 0.6 is 0 Å². The Kier molecular flexibility index (Phi) is 7.62. The lowest BCUT2D eigenvalue weighted by Gasteiger charge is -2.42. The highest BCUT2D eigenvalue weighted by atomic mass is 19.1. The summed E-state index contributed by atoms with van der Waals surface area (Å²) in [5.41, 5.74) is 1.57. The van der Waals surface area contributed by atoms with Gasteiger partial charge in [-0.15, -0.1) is 0 Å². The molecule has 4 unspecified atom stereocenters. The van der Waals surface area contributed by atoms with Crippen molar-refractivity contribution in [2.24, 2.45) is 17.8 Å². The Morgan fingerprint density at radius 3 is 2.36 bits per heavy atom. The number of hydrogen-bond donors (Lipinski definition) is 0.